The van der Waals surface area contributed by atoms with E-state index in [1.807, 2.05) is 31.2 Å². The van der Waals surface area contributed by atoms with E-state index in [-0.39, 0.29) is 18.2 Å². The summed E-state index contributed by atoms with van der Waals surface area (Å²) < 4.78 is 22.0. The monoisotopic (exact) mass is 378 g/mol. The van der Waals surface area contributed by atoms with Crippen LogP contribution < -0.4 is 4.74 Å². The summed E-state index contributed by atoms with van der Waals surface area (Å²) in [4.78, 5) is 12.2. The normalized spacial score (nSPS) is 17.6. The van der Waals surface area contributed by atoms with Crippen molar-refractivity contribution in [3.63, 3.8) is 0 Å². The molecule has 5 nitrogen and oxygen atoms in total. The third-order valence-corrected chi connectivity index (χ3v) is 4.68. The number of ether oxygens (including phenoxy) is 4. The van der Waals surface area contributed by atoms with Crippen molar-refractivity contribution in [2.24, 2.45) is 5.92 Å². The second-order valence-corrected chi connectivity index (χ2v) is 6.95. The highest BCUT2D eigenvalue weighted by molar-refractivity contribution is 5.72. The number of esters is 1. The molecule has 2 unspecified atom stereocenters. The van der Waals surface area contributed by atoms with Crippen LogP contribution in [0.3, 0.4) is 0 Å². The van der Waals surface area contributed by atoms with E-state index in [4.69, 9.17) is 18.9 Å². The van der Waals surface area contributed by atoms with Crippen LogP contribution in [-0.2, 0) is 25.4 Å². The van der Waals surface area contributed by atoms with Crippen LogP contribution in [0.1, 0.15) is 57.9 Å². The number of unbranched alkanes of at least 4 members (excludes halogenated alkanes) is 1. The largest absolute Gasteiger partial charge is 0.494 e. The minimum Gasteiger partial charge on any atom is -0.494 e. The van der Waals surface area contributed by atoms with Crippen LogP contribution in [0.4, 0.5) is 0 Å². The van der Waals surface area contributed by atoms with Gasteiger partial charge in [0.2, 0.25) is 0 Å². The highest BCUT2D eigenvalue weighted by Gasteiger charge is 2.19. The molecule has 0 bridgehead atoms. The van der Waals surface area contributed by atoms with E-state index in [2.05, 4.69) is 6.92 Å². The fraction of sp³-hybridized carbons (Fsp3) is 0.682. The van der Waals surface area contributed by atoms with Crippen LogP contribution in [-0.4, -0.2) is 38.7 Å². The predicted octanol–water partition coefficient (Wildman–Crippen LogP) is 4.52. The van der Waals surface area contributed by atoms with E-state index in [1.54, 1.807) is 0 Å². The van der Waals surface area contributed by atoms with Gasteiger partial charge in [-0.15, -0.1) is 0 Å². The first kappa shape index (κ1) is 21.7. The van der Waals surface area contributed by atoms with Crippen LogP contribution in [0.25, 0.3) is 0 Å². The Kier molecular flexibility index (Phi) is 10.2. The molecule has 0 saturated carbocycles. The Morgan fingerprint density at radius 2 is 2.00 bits per heavy atom. The number of carbonyl (C=O) groups is 1. The number of hydrogen-bond acceptors (Lipinski definition) is 5. The van der Waals surface area contributed by atoms with Crippen molar-refractivity contribution < 1.29 is 23.7 Å². The molecule has 0 aliphatic carbocycles. The van der Waals surface area contributed by atoms with Crippen molar-refractivity contribution in [2.75, 3.05) is 26.4 Å². The van der Waals surface area contributed by atoms with E-state index in [0.717, 1.165) is 56.4 Å². The van der Waals surface area contributed by atoms with Gasteiger partial charge in [-0.05, 0) is 43.9 Å². The van der Waals surface area contributed by atoms with Gasteiger partial charge in [0.1, 0.15) is 5.75 Å². The maximum absolute atomic E-state index is 12.2. The lowest BCUT2D eigenvalue weighted by molar-refractivity contribution is -0.148. The molecule has 1 aliphatic heterocycles. The van der Waals surface area contributed by atoms with Crippen molar-refractivity contribution in [1.29, 1.82) is 0 Å². The van der Waals surface area contributed by atoms with Gasteiger partial charge in [-0.1, -0.05) is 31.9 Å². The topological polar surface area (TPSA) is 54.0 Å². The van der Waals surface area contributed by atoms with Gasteiger partial charge in [0.05, 0.1) is 25.7 Å². The molecule has 1 aromatic carbocycles. The van der Waals surface area contributed by atoms with Gasteiger partial charge < -0.3 is 18.9 Å². The van der Waals surface area contributed by atoms with Gasteiger partial charge >= 0.3 is 5.97 Å². The summed E-state index contributed by atoms with van der Waals surface area (Å²) in [5.41, 5.74) is 1.14. The third kappa shape index (κ3) is 8.31. The zero-order valence-corrected chi connectivity index (χ0v) is 16.8. The lowest BCUT2D eigenvalue weighted by Gasteiger charge is -2.15. The van der Waals surface area contributed by atoms with E-state index >= 15 is 0 Å². The lowest BCUT2D eigenvalue weighted by atomic mass is 9.94. The Morgan fingerprint density at radius 3 is 2.67 bits per heavy atom. The molecule has 0 radical (unpaired) electrons. The van der Waals surface area contributed by atoms with Gasteiger partial charge in [-0.25, -0.2) is 0 Å². The summed E-state index contributed by atoms with van der Waals surface area (Å²) in [6.45, 7) is 6.51. The van der Waals surface area contributed by atoms with Crippen molar-refractivity contribution in [3.8, 4) is 5.75 Å². The number of rotatable bonds is 13. The van der Waals surface area contributed by atoms with E-state index in [0.29, 0.717) is 26.2 Å². The summed E-state index contributed by atoms with van der Waals surface area (Å²) in [7, 11) is 0. The zero-order valence-electron chi connectivity index (χ0n) is 16.8. The molecule has 27 heavy (non-hydrogen) atoms. The molecule has 2 atom stereocenters. The summed E-state index contributed by atoms with van der Waals surface area (Å²) >= 11 is 0. The van der Waals surface area contributed by atoms with Crippen LogP contribution in [0.5, 0.6) is 5.75 Å². The van der Waals surface area contributed by atoms with Gasteiger partial charge in [-0.3, -0.25) is 4.79 Å². The second kappa shape index (κ2) is 12.7. The second-order valence-electron chi connectivity index (χ2n) is 6.95. The molecule has 152 valence electrons. The zero-order chi connectivity index (χ0) is 19.3. The highest BCUT2D eigenvalue weighted by atomic mass is 16.7. The molecule has 0 amide bonds. The maximum Gasteiger partial charge on any atom is 0.309 e. The number of hydrogen-bond donors (Lipinski definition) is 0. The molecule has 1 aromatic rings. The Bertz CT molecular complexity index is 522. The fourth-order valence-electron chi connectivity index (χ4n) is 3.16. The molecule has 1 aliphatic rings. The molecular weight excluding hydrogens is 344 g/mol. The average Bonchev–Trinajstić information content (AvgIpc) is 3.19. The Balaban J connectivity index is 1.71. The maximum atomic E-state index is 12.2. The molecule has 0 aromatic heterocycles. The Hall–Kier alpha value is -1.59. The van der Waals surface area contributed by atoms with Gasteiger partial charge in [0.15, 0.2) is 6.29 Å². The summed E-state index contributed by atoms with van der Waals surface area (Å²) in [6.07, 6.45) is 6.61. The Labute approximate surface area is 163 Å². The van der Waals surface area contributed by atoms with Crippen molar-refractivity contribution >= 4 is 5.97 Å². The minimum absolute atomic E-state index is 0.0238. The summed E-state index contributed by atoms with van der Waals surface area (Å²) in [6, 6.07) is 8.02. The summed E-state index contributed by atoms with van der Waals surface area (Å²) in [5.74, 6) is 0.696. The molecule has 1 heterocycles. The first-order valence-corrected chi connectivity index (χ1v) is 10.3. The quantitative estimate of drug-likeness (QED) is 0.373. The van der Waals surface area contributed by atoms with E-state index in [9.17, 15) is 4.79 Å². The SMILES string of the molecule is CCCCC(Cc1ccc(OCCCOC2CCCO2)cc1)C(=O)OCC. The van der Waals surface area contributed by atoms with Crippen molar-refractivity contribution in [1.82, 2.24) is 0 Å². The fourth-order valence-corrected chi connectivity index (χ4v) is 3.16. The summed E-state index contributed by atoms with van der Waals surface area (Å²) in [5, 5.41) is 0. The molecule has 1 fully saturated rings. The first-order chi connectivity index (χ1) is 13.2. The molecule has 2 rings (SSSR count). The van der Waals surface area contributed by atoms with Crippen LogP contribution in [0.2, 0.25) is 0 Å². The first-order valence-electron chi connectivity index (χ1n) is 10.3. The minimum atomic E-state index is -0.0856. The molecule has 0 spiro atoms. The third-order valence-electron chi connectivity index (χ3n) is 4.68. The van der Waals surface area contributed by atoms with Crippen molar-refractivity contribution in [3.05, 3.63) is 29.8 Å². The number of carbonyl (C=O) groups excluding carboxylic acids is 1. The molecule has 5 heteroatoms. The molecule has 1 saturated heterocycles. The van der Waals surface area contributed by atoms with Gasteiger partial charge in [-0.2, -0.15) is 0 Å². The van der Waals surface area contributed by atoms with Crippen LogP contribution in [0, 0.1) is 5.92 Å². The number of benzene rings is 1. The predicted molar refractivity (Wildman–Crippen MR) is 105 cm³/mol. The lowest BCUT2D eigenvalue weighted by Crippen LogP contribution is -2.20. The van der Waals surface area contributed by atoms with Crippen molar-refractivity contribution in [2.45, 2.75) is 65.1 Å². The molecule has 0 N–H and O–H groups in total. The van der Waals surface area contributed by atoms with Crippen LogP contribution >= 0.6 is 0 Å². The van der Waals surface area contributed by atoms with E-state index in [1.165, 1.54) is 0 Å². The smallest absolute Gasteiger partial charge is 0.309 e. The highest BCUT2D eigenvalue weighted by Crippen LogP contribution is 2.20. The van der Waals surface area contributed by atoms with Gasteiger partial charge in [0, 0.05) is 19.4 Å². The van der Waals surface area contributed by atoms with Crippen LogP contribution in [0.15, 0.2) is 24.3 Å². The molecular formula is C22H34O5. The van der Waals surface area contributed by atoms with E-state index < -0.39 is 0 Å². The average molecular weight is 379 g/mol. The Morgan fingerprint density at radius 1 is 1.19 bits per heavy atom. The van der Waals surface area contributed by atoms with Gasteiger partial charge in [0.25, 0.3) is 0 Å². The standard InChI is InChI=1S/C22H34O5/c1-3-5-8-19(22(23)24-4-2)17-18-10-12-20(13-11-18)25-15-7-16-27-21-9-6-14-26-21/h10-13,19,21H,3-9,14-17H2,1-2H3.